The number of aliphatic hydroxyl groups is 1. The summed E-state index contributed by atoms with van der Waals surface area (Å²) >= 11 is 0. The van der Waals surface area contributed by atoms with Gasteiger partial charge in [-0.3, -0.25) is 4.79 Å². The van der Waals surface area contributed by atoms with E-state index in [1.165, 1.54) is 12.1 Å². The quantitative estimate of drug-likeness (QED) is 0.876. The summed E-state index contributed by atoms with van der Waals surface area (Å²) < 4.78 is 37.9. The van der Waals surface area contributed by atoms with Gasteiger partial charge in [0.15, 0.2) is 0 Å². The number of carbonyl (C=O) groups is 1. The van der Waals surface area contributed by atoms with Crippen LogP contribution in [-0.2, 0) is 11.0 Å². The van der Waals surface area contributed by atoms with Crippen LogP contribution in [0, 0.1) is 5.92 Å². The zero-order valence-corrected chi connectivity index (χ0v) is 10.6. The monoisotopic (exact) mass is 286 g/mol. The molecule has 2 N–H and O–H groups in total. The third-order valence-electron chi connectivity index (χ3n) is 3.24. The minimum atomic E-state index is -4.47. The molecule has 1 aliphatic rings. The van der Waals surface area contributed by atoms with Gasteiger partial charge in [-0.15, -0.1) is 0 Å². The number of halogens is 3. The molecule has 20 heavy (non-hydrogen) atoms. The number of carbonyl (C=O) groups excluding carboxylic acids is 1. The minimum Gasteiger partial charge on any atom is -0.388 e. The van der Waals surface area contributed by atoms with Crippen molar-refractivity contribution in [1.82, 2.24) is 5.43 Å². The van der Waals surface area contributed by atoms with E-state index in [4.69, 9.17) is 0 Å². The lowest BCUT2D eigenvalue weighted by atomic mass is 9.88. The Morgan fingerprint density at radius 2 is 2.15 bits per heavy atom. The van der Waals surface area contributed by atoms with Gasteiger partial charge in [-0.2, -0.15) is 18.3 Å². The van der Waals surface area contributed by atoms with Crippen LogP contribution in [0.2, 0.25) is 0 Å². The van der Waals surface area contributed by atoms with Crippen molar-refractivity contribution in [2.24, 2.45) is 11.0 Å². The van der Waals surface area contributed by atoms with E-state index >= 15 is 0 Å². The predicted octanol–water partition coefficient (Wildman–Crippen LogP) is 2.25. The number of nitrogens with zero attached hydrogens (tertiary/aromatic N) is 1. The van der Waals surface area contributed by atoms with Gasteiger partial charge in [0, 0.05) is 18.1 Å². The van der Waals surface area contributed by atoms with Crippen LogP contribution in [0.25, 0.3) is 0 Å². The highest BCUT2D eigenvalue weighted by atomic mass is 19.4. The molecule has 0 saturated heterocycles. The molecule has 0 saturated carbocycles. The molecule has 7 heteroatoms. The van der Waals surface area contributed by atoms with Gasteiger partial charge < -0.3 is 5.11 Å². The molecule has 0 unspecified atom stereocenters. The minimum absolute atomic E-state index is 0.00720. The zero-order chi connectivity index (χ0) is 14.9. The first-order chi connectivity index (χ1) is 9.29. The van der Waals surface area contributed by atoms with Gasteiger partial charge in [0.1, 0.15) is 0 Å². The molecule has 0 fully saturated rings. The summed E-state index contributed by atoms with van der Waals surface area (Å²) in [5, 5.41) is 13.9. The maximum absolute atomic E-state index is 12.6. The fourth-order valence-electron chi connectivity index (χ4n) is 2.10. The number of hydrogen-bond acceptors (Lipinski definition) is 3. The summed E-state index contributed by atoms with van der Waals surface area (Å²) in [5.41, 5.74) is 2.03. The normalized spacial score (nSPS) is 21.1. The number of aliphatic hydroxyl groups excluding tert-OH is 1. The molecule has 4 nitrogen and oxygen atoms in total. The number of amides is 1. The van der Waals surface area contributed by atoms with E-state index in [2.05, 4.69) is 10.5 Å². The van der Waals surface area contributed by atoms with Crippen LogP contribution in [0.4, 0.5) is 13.2 Å². The first-order valence-corrected chi connectivity index (χ1v) is 5.97. The Morgan fingerprint density at radius 1 is 1.45 bits per heavy atom. The van der Waals surface area contributed by atoms with E-state index in [1.807, 2.05) is 0 Å². The lowest BCUT2D eigenvalue weighted by molar-refractivity contribution is -0.137. The highest BCUT2D eigenvalue weighted by Gasteiger charge is 2.33. The lowest BCUT2D eigenvalue weighted by Gasteiger charge is -2.25. The maximum Gasteiger partial charge on any atom is 0.416 e. The number of rotatable bonds is 2. The number of hydrogen-bond donors (Lipinski definition) is 2. The Hall–Kier alpha value is -1.89. The number of alkyl halides is 3. The van der Waals surface area contributed by atoms with E-state index in [0.717, 1.165) is 12.1 Å². The van der Waals surface area contributed by atoms with Crippen molar-refractivity contribution in [3.05, 3.63) is 35.4 Å². The molecule has 1 aromatic carbocycles. The number of nitrogens with one attached hydrogen (secondary N) is 1. The van der Waals surface area contributed by atoms with Crippen molar-refractivity contribution < 1.29 is 23.1 Å². The second-order valence-corrected chi connectivity index (χ2v) is 4.67. The Balaban J connectivity index is 2.29. The Bertz CT molecular complexity index is 555. The van der Waals surface area contributed by atoms with Crippen molar-refractivity contribution in [1.29, 1.82) is 0 Å². The van der Waals surface area contributed by atoms with Gasteiger partial charge >= 0.3 is 6.18 Å². The molecule has 0 spiro atoms. The highest BCUT2D eigenvalue weighted by molar-refractivity contribution is 5.93. The number of hydrazone groups is 1. The SMILES string of the molecule is CC1=NNC(=O)C[C@H]1[C@H](O)c1cccc(C(F)(F)F)c1. The second-order valence-electron chi connectivity index (χ2n) is 4.67. The maximum atomic E-state index is 12.6. The summed E-state index contributed by atoms with van der Waals surface area (Å²) in [6.07, 6.45) is -5.68. The summed E-state index contributed by atoms with van der Waals surface area (Å²) in [6.45, 7) is 1.61. The average molecular weight is 286 g/mol. The molecule has 0 aliphatic carbocycles. The Kier molecular flexibility index (Phi) is 3.80. The first-order valence-electron chi connectivity index (χ1n) is 5.97. The van der Waals surface area contributed by atoms with Crippen molar-refractivity contribution in [2.45, 2.75) is 25.6 Å². The highest BCUT2D eigenvalue weighted by Crippen LogP contribution is 2.33. The average Bonchev–Trinajstić information content (AvgIpc) is 2.40. The van der Waals surface area contributed by atoms with Crippen LogP contribution in [0.5, 0.6) is 0 Å². The van der Waals surface area contributed by atoms with Gasteiger partial charge in [-0.25, -0.2) is 5.43 Å². The van der Waals surface area contributed by atoms with E-state index in [0.29, 0.717) is 5.71 Å². The molecule has 0 aromatic heterocycles. The van der Waals surface area contributed by atoms with Gasteiger partial charge in [-0.05, 0) is 24.6 Å². The summed E-state index contributed by atoms with van der Waals surface area (Å²) in [4.78, 5) is 11.3. The van der Waals surface area contributed by atoms with Crippen LogP contribution in [0.3, 0.4) is 0 Å². The van der Waals surface area contributed by atoms with Crippen molar-refractivity contribution >= 4 is 11.6 Å². The van der Waals surface area contributed by atoms with Crippen molar-refractivity contribution in [3.63, 3.8) is 0 Å². The Morgan fingerprint density at radius 3 is 2.80 bits per heavy atom. The Labute approximate surface area is 113 Å². The fraction of sp³-hybridized carbons (Fsp3) is 0.385. The molecule has 1 heterocycles. The predicted molar refractivity (Wildman–Crippen MR) is 65.8 cm³/mol. The smallest absolute Gasteiger partial charge is 0.388 e. The van der Waals surface area contributed by atoms with Gasteiger partial charge in [0.05, 0.1) is 11.7 Å². The second kappa shape index (κ2) is 5.24. The van der Waals surface area contributed by atoms with Crippen LogP contribution in [-0.4, -0.2) is 16.7 Å². The standard InChI is InChI=1S/C13H13F3N2O2/c1-7-10(6-11(19)18-17-7)12(20)8-3-2-4-9(5-8)13(14,15)16/h2-5,10,12,20H,6H2,1H3,(H,18,19)/t10-,12-/m1/s1. The van der Waals surface area contributed by atoms with Crippen LogP contribution in [0.1, 0.15) is 30.6 Å². The third-order valence-corrected chi connectivity index (χ3v) is 3.24. The summed E-state index contributed by atoms with van der Waals surface area (Å²) in [7, 11) is 0. The van der Waals surface area contributed by atoms with E-state index in [1.54, 1.807) is 6.92 Å². The fourth-order valence-corrected chi connectivity index (χ4v) is 2.10. The van der Waals surface area contributed by atoms with Crippen LogP contribution < -0.4 is 5.43 Å². The molecule has 2 rings (SSSR count). The molecule has 0 bridgehead atoms. The number of benzene rings is 1. The zero-order valence-electron chi connectivity index (χ0n) is 10.6. The largest absolute Gasteiger partial charge is 0.416 e. The molecule has 2 atom stereocenters. The summed E-state index contributed by atoms with van der Waals surface area (Å²) in [6, 6.07) is 4.46. The lowest BCUT2D eigenvalue weighted by Crippen LogP contribution is -2.34. The van der Waals surface area contributed by atoms with Crippen molar-refractivity contribution in [2.75, 3.05) is 0 Å². The van der Waals surface area contributed by atoms with E-state index < -0.39 is 23.8 Å². The molecular weight excluding hydrogens is 273 g/mol. The molecule has 1 aliphatic heterocycles. The van der Waals surface area contributed by atoms with Gasteiger partial charge in [-0.1, -0.05) is 12.1 Å². The van der Waals surface area contributed by atoms with Crippen LogP contribution >= 0.6 is 0 Å². The molecule has 1 aromatic rings. The topological polar surface area (TPSA) is 61.7 Å². The van der Waals surface area contributed by atoms with Crippen molar-refractivity contribution in [3.8, 4) is 0 Å². The van der Waals surface area contributed by atoms with E-state index in [-0.39, 0.29) is 17.9 Å². The molecule has 0 radical (unpaired) electrons. The summed E-state index contributed by atoms with van der Waals surface area (Å²) in [5.74, 6) is -0.987. The molecular formula is C13H13F3N2O2. The molecule has 1 amide bonds. The molecule has 108 valence electrons. The van der Waals surface area contributed by atoms with Crippen LogP contribution in [0.15, 0.2) is 29.4 Å². The van der Waals surface area contributed by atoms with E-state index in [9.17, 15) is 23.1 Å². The first kappa shape index (κ1) is 14.5. The third kappa shape index (κ3) is 2.98. The van der Waals surface area contributed by atoms with Gasteiger partial charge in [0.25, 0.3) is 0 Å². The van der Waals surface area contributed by atoms with Gasteiger partial charge in [0.2, 0.25) is 5.91 Å².